The van der Waals surface area contributed by atoms with Gasteiger partial charge in [-0.1, -0.05) is 244 Å². The molecule has 0 nitrogen and oxygen atoms in total. The van der Waals surface area contributed by atoms with Crippen LogP contribution in [0.15, 0.2) is 249 Å². The van der Waals surface area contributed by atoms with E-state index in [0.717, 1.165) is 19.3 Å². The first-order valence-electron chi connectivity index (χ1n) is 23.9. The lowest BCUT2D eigenvalue weighted by atomic mass is 9.68. The van der Waals surface area contributed by atoms with Crippen LogP contribution in [0.5, 0.6) is 0 Å². The van der Waals surface area contributed by atoms with Gasteiger partial charge in [0.25, 0.3) is 0 Å². The molecule has 0 bridgehead atoms. The fourth-order valence-corrected chi connectivity index (χ4v) is 11.2. The summed E-state index contributed by atoms with van der Waals surface area (Å²) in [6, 6.07) is 92.7. The maximum atomic E-state index is 2.56. The van der Waals surface area contributed by atoms with Crippen LogP contribution >= 0.6 is 0 Å². The number of hydrogen-bond acceptors (Lipinski definition) is 0. The zero-order valence-corrected chi connectivity index (χ0v) is 37.8. The highest BCUT2D eigenvalue weighted by molar-refractivity contribution is 6.21. The molecular weight excluding hydrogens is 805 g/mol. The average Bonchev–Trinajstić information content (AvgIpc) is 3.69. The Labute approximate surface area is 394 Å². The van der Waals surface area contributed by atoms with Gasteiger partial charge in [0.1, 0.15) is 0 Å². The predicted octanol–water partition coefficient (Wildman–Crippen LogP) is 18.5. The van der Waals surface area contributed by atoms with Gasteiger partial charge in [0.2, 0.25) is 0 Å². The van der Waals surface area contributed by atoms with Crippen LogP contribution in [0.3, 0.4) is 0 Å². The zero-order chi connectivity index (χ0) is 44.7. The Balaban J connectivity index is 1.00. The maximum Gasteiger partial charge on any atom is 0.0463 e. The van der Waals surface area contributed by atoms with E-state index in [2.05, 4.69) is 256 Å². The van der Waals surface area contributed by atoms with E-state index in [0.29, 0.717) is 0 Å². The molecule has 0 heteroatoms. The number of rotatable bonds is 10. The van der Waals surface area contributed by atoms with Crippen LogP contribution in [0, 0.1) is 0 Å². The van der Waals surface area contributed by atoms with Crippen LogP contribution in [0.1, 0.15) is 42.9 Å². The van der Waals surface area contributed by atoms with Crippen molar-refractivity contribution in [2.75, 3.05) is 0 Å². The molecule has 0 spiro atoms. The van der Waals surface area contributed by atoms with E-state index in [9.17, 15) is 0 Å². The summed E-state index contributed by atoms with van der Waals surface area (Å²) < 4.78 is 0. The molecule has 0 radical (unpaired) electrons. The van der Waals surface area contributed by atoms with Gasteiger partial charge in [-0.15, -0.1) is 0 Å². The van der Waals surface area contributed by atoms with Crippen molar-refractivity contribution in [3.8, 4) is 77.9 Å². The summed E-state index contributed by atoms with van der Waals surface area (Å²) in [5.41, 5.74) is 21.4. The molecular formula is C67H50. The summed E-state index contributed by atoms with van der Waals surface area (Å²) in [4.78, 5) is 0. The van der Waals surface area contributed by atoms with E-state index >= 15 is 0 Å². The summed E-state index contributed by atoms with van der Waals surface area (Å²) >= 11 is 0. The zero-order valence-electron chi connectivity index (χ0n) is 37.8. The fourth-order valence-electron chi connectivity index (χ4n) is 11.2. The summed E-state index contributed by atoms with van der Waals surface area (Å²) in [5.74, 6) is 0. The lowest BCUT2D eigenvalue weighted by Crippen LogP contribution is -2.27. The Morgan fingerprint density at radius 3 is 1.18 bits per heavy atom. The van der Waals surface area contributed by atoms with Crippen LogP contribution in [0.2, 0.25) is 0 Å². The van der Waals surface area contributed by atoms with Crippen LogP contribution in [0.4, 0.5) is 0 Å². The molecule has 318 valence electrons. The highest BCUT2D eigenvalue weighted by Gasteiger charge is 2.44. The van der Waals surface area contributed by atoms with Crippen molar-refractivity contribution in [3.63, 3.8) is 0 Å². The minimum atomic E-state index is -0.275. The summed E-state index contributed by atoms with van der Waals surface area (Å²) in [6.45, 7) is 2.32. The molecule has 0 heterocycles. The van der Waals surface area contributed by atoms with Crippen molar-refractivity contribution < 1.29 is 0 Å². The van der Waals surface area contributed by atoms with Crippen LogP contribution < -0.4 is 0 Å². The SMILES string of the molecule is CCCCC1(c2ccc(-c3ccccc3)cc2)c2ccccc2-c2ccc(-c3c4ccccc4c(-c4ccc(-c5cc(-c6ccccc6)cc(-c6ccccc6)c5)cc4)c4ccccc34)cc21. The van der Waals surface area contributed by atoms with E-state index in [1.165, 1.54) is 116 Å². The molecule has 11 aromatic rings. The van der Waals surface area contributed by atoms with Gasteiger partial charge >= 0.3 is 0 Å². The molecule has 0 saturated carbocycles. The second kappa shape index (κ2) is 17.1. The number of unbranched alkanes of at least 4 members (excludes halogenated alkanes) is 1. The van der Waals surface area contributed by atoms with Gasteiger partial charge in [0.15, 0.2) is 0 Å². The molecule has 0 aromatic heterocycles. The minimum absolute atomic E-state index is 0.275. The van der Waals surface area contributed by atoms with E-state index in [1.54, 1.807) is 0 Å². The topological polar surface area (TPSA) is 0 Å². The average molecular weight is 855 g/mol. The van der Waals surface area contributed by atoms with Crippen molar-refractivity contribution in [2.24, 2.45) is 0 Å². The molecule has 0 saturated heterocycles. The molecule has 67 heavy (non-hydrogen) atoms. The molecule has 1 unspecified atom stereocenters. The summed E-state index contributed by atoms with van der Waals surface area (Å²) in [7, 11) is 0. The van der Waals surface area contributed by atoms with Crippen LogP contribution in [0.25, 0.3) is 99.4 Å². The Hall–Kier alpha value is -8.06. The first-order valence-corrected chi connectivity index (χ1v) is 23.9. The molecule has 1 aliphatic carbocycles. The predicted molar refractivity (Wildman–Crippen MR) is 285 cm³/mol. The number of benzene rings is 11. The third-order valence-electron chi connectivity index (χ3n) is 14.4. The number of hydrogen-bond donors (Lipinski definition) is 0. The second-order valence-corrected chi connectivity index (χ2v) is 18.2. The monoisotopic (exact) mass is 854 g/mol. The molecule has 1 atom stereocenters. The third kappa shape index (κ3) is 7.00. The lowest BCUT2D eigenvalue weighted by Gasteiger charge is -2.34. The van der Waals surface area contributed by atoms with Gasteiger partial charge in [-0.2, -0.15) is 0 Å². The van der Waals surface area contributed by atoms with Crippen molar-refractivity contribution in [1.82, 2.24) is 0 Å². The number of fused-ring (bicyclic) bond motifs is 5. The van der Waals surface area contributed by atoms with Crippen LogP contribution in [-0.4, -0.2) is 0 Å². The molecule has 0 N–H and O–H groups in total. The highest BCUT2D eigenvalue weighted by atomic mass is 14.5. The minimum Gasteiger partial charge on any atom is -0.0654 e. The van der Waals surface area contributed by atoms with Crippen molar-refractivity contribution in [1.29, 1.82) is 0 Å². The Morgan fingerprint density at radius 2 is 0.657 bits per heavy atom. The second-order valence-electron chi connectivity index (χ2n) is 18.2. The van der Waals surface area contributed by atoms with Gasteiger partial charge in [0.05, 0.1) is 0 Å². The van der Waals surface area contributed by atoms with Crippen LogP contribution in [-0.2, 0) is 5.41 Å². The molecule has 0 amide bonds. The van der Waals surface area contributed by atoms with E-state index in [4.69, 9.17) is 0 Å². The molecule has 0 fully saturated rings. The van der Waals surface area contributed by atoms with Gasteiger partial charge in [-0.3, -0.25) is 0 Å². The van der Waals surface area contributed by atoms with Gasteiger partial charge < -0.3 is 0 Å². The molecule has 1 aliphatic rings. The lowest BCUT2D eigenvalue weighted by molar-refractivity contribution is 0.538. The maximum absolute atomic E-state index is 2.56. The Kier molecular flexibility index (Phi) is 10.3. The van der Waals surface area contributed by atoms with Gasteiger partial charge in [-0.05, 0) is 147 Å². The standard InChI is InChI=1S/C67H50/c1-2-3-41-67(56-38-35-49(36-39-56)46-19-7-4-8-20-46)63-30-18-17-25-57(63)58-40-37-52(45-64(58)67)66-61-28-15-13-26-59(61)65(60-27-14-16-29-62(60)66)51-33-31-50(32-34-51)55-43-53(47-21-9-5-10-22-47)42-54(44-55)48-23-11-6-12-24-48/h4-40,42-45H,2-3,41H2,1H3. The fraction of sp³-hybridized carbons (Fsp3) is 0.0746. The third-order valence-corrected chi connectivity index (χ3v) is 14.4. The van der Waals surface area contributed by atoms with E-state index < -0.39 is 0 Å². The highest BCUT2D eigenvalue weighted by Crippen LogP contribution is 2.57. The molecule has 11 aromatic carbocycles. The first kappa shape index (κ1) is 40.4. The van der Waals surface area contributed by atoms with Crippen molar-refractivity contribution in [2.45, 2.75) is 31.6 Å². The van der Waals surface area contributed by atoms with Gasteiger partial charge in [-0.25, -0.2) is 0 Å². The first-order chi connectivity index (χ1) is 33.2. The normalized spacial score (nSPS) is 14.0. The smallest absolute Gasteiger partial charge is 0.0463 e. The quantitative estimate of drug-likeness (QED) is 0.120. The largest absolute Gasteiger partial charge is 0.0654 e. The summed E-state index contributed by atoms with van der Waals surface area (Å²) in [6.07, 6.45) is 3.31. The molecule has 12 rings (SSSR count). The van der Waals surface area contributed by atoms with Crippen molar-refractivity contribution >= 4 is 21.5 Å². The van der Waals surface area contributed by atoms with E-state index in [-0.39, 0.29) is 5.41 Å². The van der Waals surface area contributed by atoms with Gasteiger partial charge in [0, 0.05) is 5.41 Å². The Morgan fingerprint density at radius 1 is 0.284 bits per heavy atom. The van der Waals surface area contributed by atoms with Crippen molar-refractivity contribution in [3.05, 3.63) is 265 Å². The molecule has 0 aliphatic heterocycles. The van der Waals surface area contributed by atoms with E-state index in [1.807, 2.05) is 0 Å². The Bertz CT molecular complexity index is 3450. The summed E-state index contributed by atoms with van der Waals surface area (Å²) in [5, 5.41) is 5.06.